The Bertz CT molecular complexity index is 1010. The molecule has 0 aliphatic carbocycles. The maximum absolute atomic E-state index is 14.2. The van der Waals surface area contributed by atoms with Gasteiger partial charge in [-0.3, -0.25) is 4.98 Å². The van der Waals surface area contributed by atoms with Gasteiger partial charge in [0.1, 0.15) is 11.6 Å². The van der Waals surface area contributed by atoms with Gasteiger partial charge in [0.25, 0.3) is 0 Å². The summed E-state index contributed by atoms with van der Waals surface area (Å²) < 4.78 is 19.3. The van der Waals surface area contributed by atoms with Gasteiger partial charge in [0, 0.05) is 18.2 Å². The molecule has 0 saturated heterocycles. The predicted octanol–water partition coefficient (Wildman–Crippen LogP) is 4.80. The van der Waals surface area contributed by atoms with Crippen LogP contribution in [0.15, 0.2) is 48.7 Å². The van der Waals surface area contributed by atoms with Gasteiger partial charge in [0.15, 0.2) is 0 Å². The van der Waals surface area contributed by atoms with E-state index in [9.17, 15) is 14.3 Å². The van der Waals surface area contributed by atoms with Gasteiger partial charge in [-0.25, -0.2) is 9.18 Å². The van der Waals surface area contributed by atoms with Crippen LogP contribution in [0.2, 0.25) is 0 Å². The smallest absolute Gasteiger partial charge is 0.335 e. The molecule has 0 aliphatic heterocycles. The number of aromatic carboxylic acids is 1. The average Bonchev–Trinajstić information content (AvgIpc) is 2.65. The molecule has 0 fully saturated rings. The van der Waals surface area contributed by atoms with Crippen LogP contribution >= 0.6 is 0 Å². The number of halogens is 1. The highest BCUT2D eigenvalue weighted by Gasteiger charge is 2.14. The van der Waals surface area contributed by atoms with Crippen LogP contribution in [0.25, 0.3) is 11.3 Å². The summed E-state index contributed by atoms with van der Waals surface area (Å²) in [6.07, 6.45) is 2.12. The molecule has 1 heterocycles. The number of aryl methyl sites for hydroxylation is 2. The van der Waals surface area contributed by atoms with Crippen molar-refractivity contribution >= 4 is 5.97 Å². The lowest BCUT2D eigenvalue weighted by Gasteiger charge is -2.12. The number of hydrogen-bond donors (Lipinski definition) is 1. The fraction of sp³-hybridized carbons (Fsp3) is 0.182. The van der Waals surface area contributed by atoms with E-state index < -0.39 is 5.97 Å². The highest BCUT2D eigenvalue weighted by atomic mass is 19.1. The second-order valence-electron chi connectivity index (χ2n) is 6.48. The number of benzene rings is 2. The Kier molecular flexibility index (Phi) is 5.21. The van der Waals surface area contributed by atoms with E-state index in [1.165, 1.54) is 13.2 Å². The van der Waals surface area contributed by atoms with Crippen molar-refractivity contribution in [3.05, 3.63) is 82.3 Å². The van der Waals surface area contributed by atoms with Gasteiger partial charge in [-0.15, -0.1) is 0 Å². The van der Waals surface area contributed by atoms with Crippen molar-refractivity contribution in [2.45, 2.75) is 20.3 Å². The quantitative estimate of drug-likeness (QED) is 0.705. The molecule has 0 saturated carbocycles. The molecule has 0 unspecified atom stereocenters. The second kappa shape index (κ2) is 7.58. The first-order valence-corrected chi connectivity index (χ1v) is 8.51. The molecular weight excluding hydrogens is 345 g/mol. The van der Waals surface area contributed by atoms with E-state index in [0.717, 1.165) is 22.3 Å². The first-order chi connectivity index (χ1) is 12.9. The second-order valence-corrected chi connectivity index (χ2v) is 6.48. The third-order valence-corrected chi connectivity index (χ3v) is 4.55. The summed E-state index contributed by atoms with van der Waals surface area (Å²) in [5.41, 5.74) is 4.60. The zero-order chi connectivity index (χ0) is 19.6. The predicted molar refractivity (Wildman–Crippen MR) is 102 cm³/mol. The first-order valence-electron chi connectivity index (χ1n) is 8.51. The number of carbonyl (C=O) groups is 1. The van der Waals surface area contributed by atoms with Crippen LogP contribution in [0.1, 0.15) is 32.6 Å². The van der Waals surface area contributed by atoms with Crippen molar-refractivity contribution in [2.24, 2.45) is 0 Å². The number of ether oxygens (including phenoxy) is 1. The van der Waals surface area contributed by atoms with E-state index in [4.69, 9.17) is 4.74 Å². The van der Waals surface area contributed by atoms with Crippen LogP contribution in [0.5, 0.6) is 5.75 Å². The molecule has 4 nitrogen and oxygen atoms in total. The van der Waals surface area contributed by atoms with Crippen molar-refractivity contribution in [2.75, 3.05) is 7.11 Å². The lowest BCUT2D eigenvalue weighted by atomic mass is 9.96. The molecule has 3 rings (SSSR count). The van der Waals surface area contributed by atoms with Crippen molar-refractivity contribution in [1.29, 1.82) is 0 Å². The highest BCUT2D eigenvalue weighted by Crippen LogP contribution is 2.27. The van der Waals surface area contributed by atoms with Crippen molar-refractivity contribution in [3.8, 4) is 17.0 Å². The zero-order valence-corrected chi connectivity index (χ0v) is 15.4. The lowest BCUT2D eigenvalue weighted by Crippen LogP contribution is -2.05. The summed E-state index contributed by atoms with van der Waals surface area (Å²) in [7, 11) is 1.53. The van der Waals surface area contributed by atoms with E-state index in [2.05, 4.69) is 4.98 Å². The van der Waals surface area contributed by atoms with E-state index in [-0.39, 0.29) is 11.4 Å². The molecule has 0 bridgehead atoms. The molecule has 138 valence electrons. The average molecular weight is 365 g/mol. The molecular formula is C22H20FNO3. The van der Waals surface area contributed by atoms with Crippen LogP contribution in [0.3, 0.4) is 0 Å². The van der Waals surface area contributed by atoms with Crippen LogP contribution in [-0.4, -0.2) is 23.2 Å². The molecule has 0 aliphatic rings. The first kappa shape index (κ1) is 18.6. The van der Waals surface area contributed by atoms with Crippen molar-refractivity contribution < 1.29 is 19.0 Å². The Balaban J connectivity index is 1.96. The molecule has 0 radical (unpaired) electrons. The summed E-state index contributed by atoms with van der Waals surface area (Å²) in [4.78, 5) is 15.9. The van der Waals surface area contributed by atoms with Gasteiger partial charge >= 0.3 is 5.97 Å². The number of hydrogen-bond acceptors (Lipinski definition) is 3. The molecule has 0 spiro atoms. The molecule has 1 N–H and O–H groups in total. The number of rotatable bonds is 5. The third-order valence-electron chi connectivity index (χ3n) is 4.55. The molecule has 2 aromatic carbocycles. The maximum atomic E-state index is 14.2. The van der Waals surface area contributed by atoms with E-state index in [0.29, 0.717) is 23.4 Å². The molecule has 27 heavy (non-hydrogen) atoms. The Morgan fingerprint density at radius 3 is 2.56 bits per heavy atom. The minimum Gasteiger partial charge on any atom is -0.497 e. The fourth-order valence-electron chi connectivity index (χ4n) is 2.99. The number of nitrogens with zero attached hydrogens (tertiary/aromatic N) is 1. The van der Waals surface area contributed by atoms with Gasteiger partial charge in [-0.2, -0.15) is 0 Å². The van der Waals surface area contributed by atoms with Crippen LogP contribution in [-0.2, 0) is 6.42 Å². The summed E-state index contributed by atoms with van der Waals surface area (Å²) in [6, 6.07) is 11.7. The maximum Gasteiger partial charge on any atom is 0.335 e. The summed E-state index contributed by atoms with van der Waals surface area (Å²) in [5, 5.41) is 9.44. The van der Waals surface area contributed by atoms with E-state index in [1.54, 1.807) is 24.4 Å². The van der Waals surface area contributed by atoms with Gasteiger partial charge in [-0.1, -0.05) is 17.7 Å². The number of aromatic nitrogens is 1. The normalized spacial score (nSPS) is 10.7. The third kappa shape index (κ3) is 3.97. The fourth-order valence-corrected chi connectivity index (χ4v) is 2.99. The van der Waals surface area contributed by atoms with E-state index in [1.807, 2.05) is 32.0 Å². The van der Waals surface area contributed by atoms with Crippen molar-refractivity contribution in [3.63, 3.8) is 0 Å². The van der Waals surface area contributed by atoms with Crippen LogP contribution < -0.4 is 4.74 Å². The topological polar surface area (TPSA) is 59.4 Å². The summed E-state index contributed by atoms with van der Waals surface area (Å²) >= 11 is 0. The molecule has 5 heteroatoms. The zero-order valence-electron chi connectivity index (χ0n) is 15.4. The molecule has 1 aromatic heterocycles. The number of methoxy groups -OCH3 is 1. The van der Waals surface area contributed by atoms with Gasteiger partial charge in [0.05, 0.1) is 18.4 Å². The van der Waals surface area contributed by atoms with E-state index >= 15 is 0 Å². The van der Waals surface area contributed by atoms with Gasteiger partial charge in [-0.05, 0) is 60.9 Å². The standard InChI is InChI=1S/C22H20FNO3/c1-13-4-5-15(18(8-13)22(25)26)10-16-12-24-21(9-14(16)2)19-11-17(27-3)6-7-20(19)23/h4-9,11-12H,10H2,1-3H3,(H,25,26). The summed E-state index contributed by atoms with van der Waals surface area (Å²) in [5.74, 6) is -0.766. The molecule has 0 amide bonds. The molecule has 0 atom stereocenters. The SMILES string of the molecule is COc1ccc(F)c(-c2cc(C)c(Cc3ccc(C)cc3C(=O)O)cn2)c1. The number of carboxylic acids is 1. The summed E-state index contributed by atoms with van der Waals surface area (Å²) in [6.45, 7) is 3.77. The Morgan fingerprint density at radius 2 is 1.89 bits per heavy atom. The van der Waals surface area contributed by atoms with Crippen molar-refractivity contribution in [1.82, 2.24) is 4.98 Å². The lowest BCUT2D eigenvalue weighted by molar-refractivity contribution is 0.0695. The highest BCUT2D eigenvalue weighted by molar-refractivity contribution is 5.89. The van der Waals surface area contributed by atoms with Crippen LogP contribution in [0, 0.1) is 19.7 Å². The largest absolute Gasteiger partial charge is 0.497 e. The Labute approximate surface area is 157 Å². The van der Waals surface area contributed by atoms with Gasteiger partial charge in [0.2, 0.25) is 0 Å². The Hall–Kier alpha value is -3.21. The van der Waals surface area contributed by atoms with Gasteiger partial charge < -0.3 is 9.84 Å². The molecule has 3 aromatic rings. The number of pyridine rings is 1. The van der Waals surface area contributed by atoms with Crippen LogP contribution in [0.4, 0.5) is 4.39 Å². The minimum atomic E-state index is -0.950. The number of carboxylic acid groups (broad SMARTS) is 1. The minimum absolute atomic E-state index is 0.289. The Morgan fingerprint density at radius 1 is 1.11 bits per heavy atom. The monoisotopic (exact) mass is 365 g/mol.